The van der Waals surface area contributed by atoms with E-state index >= 15 is 0 Å². The normalized spacial score (nSPS) is 12.0. The first kappa shape index (κ1) is 22.8. The predicted octanol–water partition coefficient (Wildman–Crippen LogP) is 4.53. The van der Waals surface area contributed by atoms with Crippen LogP contribution < -0.4 is 5.32 Å². The molecule has 1 N–H and O–H groups in total. The van der Waals surface area contributed by atoms with Gasteiger partial charge in [-0.1, -0.05) is 0 Å². The van der Waals surface area contributed by atoms with Crippen molar-refractivity contribution in [2.75, 3.05) is 26.0 Å². The smallest absolute Gasteiger partial charge is 0.320 e. The van der Waals surface area contributed by atoms with Gasteiger partial charge >= 0.3 is 6.18 Å². The number of nitrogens with one attached hydrogen (secondary N) is 1. The largest absolute Gasteiger partial charge is 0.443 e. The molecule has 0 bridgehead atoms. The summed E-state index contributed by atoms with van der Waals surface area (Å²) in [6, 6.07) is 6.06. The van der Waals surface area contributed by atoms with Crippen molar-refractivity contribution in [3.8, 4) is 11.1 Å². The second-order valence-electron chi connectivity index (χ2n) is 7.51. The number of amides is 1. The monoisotopic (exact) mass is 478 g/mol. The molecule has 4 rings (SSSR count). The topological polar surface area (TPSA) is 75.9 Å². The van der Waals surface area contributed by atoms with Crippen LogP contribution in [0.4, 0.5) is 23.2 Å². The first-order valence-electron chi connectivity index (χ1n) is 9.72. The third-order valence-corrected chi connectivity index (χ3v) is 5.62. The summed E-state index contributed by atoms with van der Waals surface area (Å²) >= 11 is 0.345. The number of pyridine rings is 1. The minimum absolute atomic E-state index is 0.314. The van der Waals surface area contributed by atoms with Crippen molar-refractivity contribution in [3.63, 3.8) is 0 Å². The fraction of sp³-hybridized carbons (Fsp3) is 0.238. The number of fused-ring (bicyclic) bond motifs is 1. The van der Waals surface area contributed by atoms with Gasteiger partial charge in [0, 0.05) is 46.5 Å². The molecule has 12 heteroatoms. The highest BCUT2D eigenvalue weighted by molar-refractivity contribution is 7.10. The van der Waals surface area contributed by atoms with Crippen LogP contribution in [0.15, 0.2) is 42.0 Å². The van der Waals surface area contributed by atoms with Crippen molar-refractivity contribution in [3.05, 3.63) is 58.7 Å². The summed E-state index contributed by atoms with van der Waals surface area (Å²) in [5, 5.41) is 7.84. The van der Waals surface area contributed by atoms with Crippen molar-refractivity contribution in [2.24, 2.45) is 0 Å². The van der Waals surface area contributed by atoms with Crippen LogP contribution in [0.1, 0.15) is 15.5 Å². The number of carbonyl (C=O) groups is 1. The minimum Gasteiger partial charge on any atom is -0.320 e. The number of hydrogen-bond donors (Lipinski definition) is 1. The quantitative estimate of drug-likeness (QED) is 0.326. The van der Waals surface area contributed by atoms with Crippen LogP contribution in [0.5, 0.6) is 0 Å². The third-order valence-electron chi connectivity index (χ3n) is 4.73. The third kappa shape index (κ3) is 5.17. The average Bonchev–Trinajstić information content (AvgIpc) is 3.39. The van der Waals surface area contributed by atoms with Crippen molar-refractivity contribution < 1.29 is 22.4 Å². The summed E-state index contributed by atoms with van der Waals surface area (Å²) in [7, 11) is 3.89. The Hall–Kier alpha value is -3.38. The molecule has 7 nitrogen and oxygen atoms in total. The molecule has 0 aliphatic carbocycles. The van der Waals surface area contributed by atoms with Gasteiger partial charge in [-0.2, -0.15) is 22.7 Å². The van der Waals surface area contributed by atoms with E-state index in [1.807, 2.05) is 25.2 Å². The Morgan fingerprint density at radius 1 is 1.24 bits per heavy atom. The number of alkyl halides is 3. The Bertz CT molecular complexity index is 1300. The lowest BCUT2D eigenvalue weighted by Crippen LogP contribution is -2.18. The van der Waals surface area contributed by atoms with E-state index in [0.29, 0.717) is 40.2 Å². The molecule has 3 heterocycles. The van der Waals surface area contributed by atoms with Crippen LogP contribution in [0.3, 0.4) is 0 Å². The van der Waals surface area contributed by atoms with Crippen molar-refractivity contribution >= 4 is 33.8 Å². The predicted molar refractivity (Wildman–Crippen MR) is 117 cm³/mol. The maximum atomic E-state index is 13.3. The molecule has 0 saturated carbocycles. The average molecular weight is 478 g/mol. The van der Waals surface area contributed by atoms with E-state index in [4.69, 9.17) is 0 Å². The second-order valence-corrected chi connectivity index (χ2v) is 8.37. The Kier molecular flexibility index (Phi) is 6.13. The first-order chi connectivity index (χ1) is 15.6. The molecular formula is C21H18F4N6OS. The summed E-state index contributed by atoms with van der Waals surface area (Å²) in [4.78, 5) is 21.7. The summed E-state index contributed by atoms with van der Waals surface area (Å²) in [6.07, 6.45) is -1.51. The molecule has 172 valence electrons. The zero-order valence-electron chi connectivity index (χ0n) is 17.5. The number of halogens is 4. The molecule has 0 atom stereocenters. The van der Waals surface area contributed by atoms with E-state index < -0.39 is 23.0 Å². The van der Waals surface area contributed by atoms with Gasteiger partial charge in [-0.25, -0.2) is 9.97 Å². The molecule has 1 aromatic carbocycles. The number of hydrogen-bond acceptors (Lipinski definition) is 6. The van der Waals surface area contributed by atoms with Gasteiger partial charge in [-0.3, -0.25) is 9.48 Å². The lowest BCUT2D eigenvalue weighted by Gasteiger charge is -2.11. The van der Waals surface area contributed by atoms with Gasteiger partial charge in [0.2, 0.25) is 5.95 Å². The minimum atomic E-state index is -4.63. The zero-order chi connectivity index (χ0) is 23.8. The first-order valence-corrected chi connectivity index (χ1v) is 10.6. The molecule has 0 spiro atoms. The highest BCUT2D eigenvalue weighted by atomic mass is 32.1. The van der Waals surface area contributed by atoms with E-state index in [2.05, 4.69) is 20.4 Å². The molecule has 0 saturated heterocycles. The van der Waals surface area contributed by atoms with E-state index in [9.17, 15) is 22.4 Å². The van der Waals surface area contributed by atoms with Gasteiger partial charge in [-0.05, 0) is 38.4 Å². The maximum absolute atomic E-state index is 13.3. The number of thiazole rings is 1. The van der Waals surface area contributed by atoms with Gasteiger partial charge in [0.15, 0.2) is 5.01 Å². The highest BCUT2D eigenvalue weighted by Gasteiger charge is 2.35. The second kappa shape index (κ2) is 8.87. The standard InChI is InChI=1S/C21H18F4N6OS/c1-30(2)5-6-31-10-13-7-16(27-19(32)17-11-33-20(28-17)21(23,24)25)14(8-15(13)29-31)12-3-4-18(22)26-9-12/h3-4,7-11H,5-6H2,1-2H3,(H,27,32). The summed E-state index contributed by atoms with van der Waals surface area (Å²) in [6.45, 7) is 1.40. The summed E-state index contributed by atoms with van der Waals surface area (Å²) < 4.78 is 53.7. The van der Waals surface area contributed by atoms with Crippen molar-refractivity contribution in [1.82, 2.24) is 24.6 Å². The molecule has 33 heavy (non-hydrogen) atoms. The summed E-state index contributed by atoms with van der Waals surface area (Å²) in [5.41, 5.74) is 1.60. The molecule has 0 radical (unpaired) electrons. The molecule has 0 aliphatic heterocycles. The van der Waals surface area contributed by atoms with Gasteiger partial charge in [0.1, 0.15) is 5.69 Å². The Balaban J connectivity index is 1.72. The number of benzene rings is 1. The van der Waals surface area contributed by atoms with Crippen LogP contribution in [0.25, 0.3) is 22.0 Å². The maximum Gasteiger partial charge on any atom is 0.443 e. The van der Waals surface area contributed by atoms with Crippen LogP contribution >= 0.6 is 11.3 Å². The lowest BCUT2D eigenvalue weighted by molar-refractivity contribution is -0.137. The van der Waals surface area contributed by atoms with Crippen LogP contribution in [0.2, 0.25) is 0 Å². The van der Waals surface area contributed by atoms with Gasteiger partial charge in [0.05, 0.1) is 12.1 Å². The van der Waals surface area contributed by atoms with Crippen molar-refractivity contribution in [1.29, 1.82) is 0 Å². The molecule has 0 unspecified atom stereocenters. The number of nitrogens with zero attached hydrogens (tertiary/aromatic N) is 5. The Labute approximate surface area is 189 Å². The van der Waals surface area contributed by atoms with E-state index in [-0.39, 0.29) is 5.69 Å². The molecule has 0 fully saturated rings. The molecule has 0 aliphatic rings. The number of rotatable bonds is 6. The molecule has 4 aromatic rings. The molecular weight excluding hydrogens is 460 g/mol. The number of aromatic nitrogens is 4. The fourth-order valence-electron chi connectivity index (χ4n) is 3.11. The van der Waals surface area contributed by atoms with Gasteiger partial charge in [0.25, 0.3) is 5.91 Å². The van der Waals surface area contributed by atoms with Crippen LogP contribution in [-0.4, -0.2) is 51.2 Å². The Morgan fingerprint density at radius 2 is 2.03 bits per heavy atom. The summed E-state index contributed by atoms with van der Waals surface area (Å²) in [5.74, 6) is -1.46. The van der Waals surface area contributed by atoms with Crippen LogP contribution in [0, 0.1) is 5.95 Å². The SMILES string of the molecule is CN(C)CCn1cc2cc(NC(=O)c3csc(C(F)(F)F)n3)c(-c3ccc(F)nc3)cc2n1. The fourth-order valence-corrected chi connectivity index (χ4v) is 3.78. The van der Waals surface area contributed by atoms with Crippen molar-refractivity contribution in [2.45, 2.75) is 12.7 Å². The van der Waals surface area contributed by atoms with Gasteiger partial charge in [-0.15, -0.1) is 11.3 Å². The van der Waals surface area contributed by atoms with Crippen LogP contribution in [-0.2, 0) is 12.7 Å². The number of anilines is 1. The lowest BCUT2D eigenvalue weighted by atomic mass is 10.0. The molecule has 3 aromatic heterocycles. The number of likely N-dealkylation sites (N-methyl/N-ethyl adjacent to an activating group) is 1. The Morgan fingerprint density at radius 3 is 2.67 bits per heavy atom. The number of carbonyl (C=O) groups excluding carboxylic acids is 1. The van der Waals surface area contributed by atoms with E-state index in [1.54, 1.807) is 16.8 Å². The highest BCUT2D eigenvalue weighted by Crippen LogP contribution is 2.34. The van der Waals surface area contributed by atoms with Gasteiger partial charge < -0.3 is 10.2 Å². The zero-order valence-corrected chi connectivity index (χ0v) is 18.3. The van der Waals surface area contributed by atoms with E-state index in [1.165, 1.54) is 18.3 Å². The molecule has 1 amide bonds. The van der Waals surface area contributed by atoms with E-state index in [0.717, 1.165) is 17.3 Å².